The van der Waals surface area contributed by atoms with Crippen molar-refractivity contribution in [2.24, 2.45) is 0 Å². The summed E-state index contributed by atoms with van der Waals surface area (Å²) in [5, 5.41) is 0. The Bertz CT molecular complexity index is 1430. The summed E-state index contributed by atoms with van der Waals surface area (Å²) >= 11 is 0. The van der Waals surface area contributed by atoms with E-state index in [1.54, 1.807) is 0 Å². The Morgan fingerprint density at radius 3 is 1.16 bits per heavy atom. The van der Waals surface area contributed by atoms with Gasteiger partial charge in [-0.3, -0.25) is 18.6 Å². The number of allylic oxidation sites excluding steroid dienone is 10. The van der Waals surface area contributed by atoms with Crippen molar-refractivity contribution in [3.8, 4) is 0 Å². The molecule has 0 aliphatic rings. The Morgan fingerprint density at radius 1 is 0.432 bits per heavy atom. The van der Waals surface area contributed by atoms with E-state index in [9.17, 15) is 19.0 Å². The first kappa shape index (κ1) is 71.7. The van der Waals surface area contributed by atoms with Crippen LogP contribution >= 0.6 is 7.82 Å². The SMILES string of the molecule is CC/C=C\C/C=C\C/C=C\C/C=C\CCCCCCCCCCCCCCCCCCCCCCCCCCCCC(=O)OC(COC(=O)CCCCCCC/C=C\CCCC)COP(=O)(O)OCC[N+](C)(C)C. The third-order valence-corrected chi connectivity index (χ3v) is 14.5. The summed E-state index contributed by atoms with van der Waals surface area (Å²) in [6, 6.07) is 0. The molecule has 2 unspecified atom stereocenters. The van der Waals surface area contributed by atoms with Crippen LogP contribution in [0.4, 0.5) is 0 Å². The monoisotopic (exact) mass is 1060 g/mol. The van der Waals surface area contributed by atoms with Crippen molar-refractivity contribution in [1.82, 2.24) is 0 Å². The van der Waals surface area contributed by atoms with Gasteiger partial charge in [0, 0.05) is 12.8 Å². The van der Waals surface area contributed by atoms with Crippen LogP contribution in [0.1, 0.15) is 284 Å². The summed E-state index contributed by atoms with van der Waals surface area (Å²) in [5.74, 6) is -0.799. The van der Waals surface area contributed by atoms with Crippen molar-refractivity contribution in [3.05, 3.63) is 60.8 Å². The minimum Gasteiger partial charge on any atom is -0.462 e. The van der Waals surface area contributed by atoms with Gasteiger partial charge in [-0.1, -0.05) is 261 Å². The molecule has 9 nitrogen and oxygen atoms in total. The molecule has 74 heavy (non-hydrogen) atoms. The van der Waals surface area contributed by atoms with Crippen LogP contribution in [0, 0.1) is 0 Å². The van der Waals surface area contributed by atoms with Gasteiger partial charge >= 0.3 is 19.8 Å². The predicted molar refractivity (Wildman–Crippen MR) is 316 cm³/mol. The van der Waals surface area contributed by atoms with Gasteiger partial charge in [-0.2, -0.15) is 0 Å². The molecule has 0 aliphatic heterocycles. The average Bonchev–Trinajstić information content (AvgIpc) is 3.36. The maximum absolute atomic E-state index is 12.8. The third kappa shape index (κ3) is 59.0. The van der Waals surface area contributed by atoms with Crippen molar-refractivity contribution in [2.75, 3.05) is 47.5 Å². The lowest BCUT2D eigenvalue weighted by Crippen LogP contribution is -2.37. The van der Waals surface area contributed by atoms with E-state index in [0.29, 0.717) is 17.4 Å². The zero-order valence-electron chi connectivity index (χ0n) is 49.1. The van der Waals surface area contributed by atoms with Gasteiger partial charge in [0.25, 0.3) is 0 Å². The highest BCUT2D eigenvalue weighted by Gasteiger charge is 2.27. The van der Waals surface area contributed by atoms with Crippen molar-refractivity contribution < 1.29 is 42.1 Å². The minimum atomic E-state index is -4.38. The number of carbonyl (C=O) groups excluding carboxylic acids is 2. The fourth-order valence-electron chi connectivity index (χ4n) is 8.75. The van der Waals surface area contributed by atoms with Crippen LogP contribution in [0.2, 0.25) is 0 Å². The number of unbranched alkanes of at least 4 members (excludes halogenated alkanes) is 33. The summed E-state index contributed by atoms with van der Waals surface area (Å²) in [7, 11) is 1.48. The number of likely N-dealkylation sites (N-methyl/N-ethyl adjacent to an activating group) is 1. The van der Waals surface area contributed by atoms with Crippen LogP contribution in [-0.2, 0) is 32.7 Å². The maximum atomic E-state index is 12.8. The molecule has 0 rings (SSSR count). The lowest BCUT2D eigenvalue weighted by atomic mass is 10.0. The van der Waals surface area contributed by atoms with E-state index in [1.165, 1.54) is 167 Å². The fraction of sp³-hybridized carbons (Fsp3) is 0.812. The number of rotatable bonds is 57. The molecule has 432 valence electrons. The quantitative estimate of drug-likeness (QED) is 0.0211. The molecule has 0 aromatic carbocycles. The largest absolute Gasteiger partial charge is 0.472 e. The number of nitrogens with zero attached hydrogens (tertiary/aromatic N) is 1. The molecule has 0 aromatic rings. The summed E-state index contributed by atoms with van der Waals surface area (Å²) in [5.41, 5.74) is 0. The van der Waals surface area contributed by atoms with E-state index in [-0.39, 0.29) is 32.0 Å². The standard InChI is InChI=1S/C64H118NO8P/c1-6-8-10-12-14-16-18-19-20-21-22-23-24-25-26-27-28-29-30-31-32-33-34-35-36-37-38-39-40-41-42-43-44-45-47-49-51-53-55-57-64(67)73-62(61-72-74(68,69)71-59-58-65(3,4)5)60-70-63(66)56-54-52-50-48-46-17-15-13-11-9-7-2/h8,10,13-16,19-20,22-23,62H,6-7,9,11-12,17-18,21,24-61H2,1-5H3/p+1/b10-8-,15-13-,16-14-,20-19-,23-22-. The second-order valence-electron chi connectivity index (χ2n) is 22.1. The average molecular weight is 1060 g/mol. The highest BCUT2D eigenvalue weighted by molar-refractivity contribution is 7.47. The smallest absolute Gasteiger partial charge is 0.462 e. The first-order chi connectivity index (χ1) is 36.0. The second-order valence-corrected chi connectivity index (χ2v) is 23.5. The van der Waals surface area contributed by atoms with Crippen LogP contribution < -0.4 is 0 Å². The Labute approximate surface area is 457 Å². The predicted octanol–water partition coefficient (Wildman–Crippen LogP) is 19.5. The van der Waals surface area contributed by atoms with Gasteiger partial charge in [0.1, 0.15) is 19.8 Å². The van der Waals surface area contributed by atoms with Crippen molar-refractivity contribution in [3.63, 3.8) is 0 Å². The first-order valence-electron chi connectivity index (χ1n) is 31.0. The van der Waals surface area contributed by atoms with Gasteiger partial charge in [0.2, 0.25) is 0 Å². The molecule has 10 heteroatoms. The van der Waals surface area contributed by atoms with Gasteiger partial charge in [-0.05, 0) is 70.6 Å². The number of quaternary nitrogens is 1. The highest BCUT2D eigenvalue weighted by atomic mass is 31.2. The molecule has 1 N–H and O–H groups in total. The second kappa shape index (κ2) is 55.5. The lowest BCUT2D eigenvalue weighted by Gasteiger charge is -2.24. The van der Waals surface area contributed by atoms with Gasteiger partial charge in [-0.15, -0.1) is 0 Å². The van der Waals surface area contributed by atoms with Crippen LogP contribution in [0.25, 0.3) is 0 Å². The Kier molecular flexibility index (Phi) is 53.7. The molecule has 0 radical (unpaired) electrons. The van der Waals surface area contributed by atoms with Crippen molar-refractivity contribution >= 4 is 19.8 Å². The highest BCUT2D eigenvalue weighted by Crippen LogP contribution is 2.43. The Morgan fingerprint density at radius 2 is 0.770 bits per heavy atom. The molecule has 0 saturated heterocycles. The van der Waals surface area contributed by atoms with E-state index in [2.05, 4.69) is 74.6 Å². The molecule has 0 bridgehead atoms. The topological polar surface area (TPSA) is 108 Å². The van der Waals surface area contributed by atoms with E-state index < -0.39 is 26.5 Å². The molecular weight excluding hydrogens is 942 g/mol. The number of phosphoric acid groups is 1. The fourth-order valence-corrected chi connectivity index (χ4v) is 9.50. The van der Waals surface area contributed by atoms with E-state index in [0.717, 1.165) is 83.5 Å². The zero-order valence-corrected chi connectivity index (χ0v) is 50.0. The number of hydrogen-bond acceptors (Lipinski definition) is 7. The van der Waals surface area contributed by atoms with Crippen LogP contribution in [-0.4, -0.2) is 74.9 Å². The third-order valence-electron chi connectivity index (χ3n) is 13.5. The summed E-state index contributed by atoms with van der Waals surface area (Å²) < 4.78 is 34.5. The van der Waals surface area contributed by atoms with Crippen molar-refractivity contribution in [2.45, 2.75) is 290 Å². The van der Waals surface area contributed by atoms with E-state index in [4.69, 9.17) is 18.5 Å². The normalized spacial score (nSPS) is 13.6. The Hall–Kier alpha value is -2.29. The van der Waals surface area contributed by atoms with Crippen molar-refractivity contribution in [1.29, 1.82) is 0 Å². The molecule has 0 aromatic heterocycles. The van der Waals surface area contributed by atoms with Crippen LogP contribution in [0.3, 0.4) is 0 Å². The summed E-state index contributed by atoms with van der Waals surface area (Å²) in [6.45, 7) is 4.29. The number of esters is 2. The number of ether oxygens (including phenoxy) is 2. The molecule has 0 heterocycles. The number of phosphoric ester groups is 1. The van der Waals surface area contributed by atoms with Crippen LogP contribution in [0.5, 0.6) is 0 Å². The van der Waals surface area contributed by atoms with Gasteiger partial charge in [0.05, 0.1) is 27.7 Å². The van der Waals surface area contributed by atoms with Gasteiger partial charge in [0.15, 0.2) is 6.10 Å². The maximum Gasteiger partial charge on any atom is 0.472 e. The molecule has 2 atom stereocenters. The molecule has 0 fully saturated rings. The summed E-state index contributed by atoms with van der Waals surface area (Å²) in [4.78, 5) is 35.5. The Balaban J connectivity index is 3.85. The molecular formula is C64H119NO8P+. The van der Waals surface area contributed by atoms with Crippen LogP contribution in [0.15, 0.2) is 60.8 Å². The minimum absolute atomic E-state index is 0.0316. The van der Waals surface area contributed by atoms with Gasteiger partial charge < -0.3 is 18.9 Å². The molecule has 0 aliphatic carbocycles. The zero-order chi connectivity index (χ0) is 54.2. The van der Waals surface area contributed by atoms with Gasteiger partial charge in [-0.25, -0.2) is 4.57 Å². The lowest BCUT2D eigenvalue weighted by molar-refractivity contribution is -0.870. The number of hydrogen-bond donors (Lipinski definition) is 1. The molecule has 0 amide bonds. The van der Waals surface area contributed by atoms with E-state index >= 15 is 0 Å². The molecule has 0 spiro atoms. The molecule has 0 saturated carbocycles. The number of carbonyl (C=O) groups is 2. The summed E-state index contributed by atoms with van der Waals surface area (Å²) in [6.07, 6.45) is 72.0. The first-order valence-corrected chi connectivity index (χ1v) is 32.5. The van der Waals surface area contributed by atoms with E-state index in [1.807, 2.05) is 21.1 Å².